The van der Waals surface area contributed by atoms with Crippen LogP contribution in [0.2, 0.25) is 5.02 Å². The number of Topliss-reactive ketones (excluding diaryl/α,β-unsaturated/α-hetero) is 1. The van der Waals surface area contributed by atoms with Crippen molar-refractivity contribution in [2.75, 3.05) is 5.75 Å². The number of aromatic nitrogens is 2. The average molecular weight is 345 g/mol. The monoisotopic (exact) mass is 344 g/mol. The number of carbonyl (C=O) groups is 1. The molecule has 0 fully saturated rings. The zero-order valence-electron chi connectivity index (χ0n) is 11.0. The van der Waals surface area contributed by atoms with Crippen molar-refractivity contribution in [1.29, 1.82) is 0 Å². The Bertz CT molecular complexity index is 586. The zero-order chi connectivity index (χ0) is 14.5. The summed E-state index contributed by atoms with van der Waals surface area (Å²) in [6, 6.07) is 6.96. The number of hydrogen-bond acceptors (Lipinski definition) is 6. The van der Waals surface area contributed by atoms with Crippen molar-refractivity contribution in [3.8, 4) is 0 Å². The molecular formula is C13H13ClN2OS3. The largest absolute Gasteiger partial charge is 0.293 e. The van der Waals surface area contributed by atoms with Crippen LogP contribution in [-0.2, 0) is 0 Å². The van der Waals surface area contributed by atoms with Crippen LogP contribution in [0, 0.1) is 0 Å². The SMILES string of the molecule is CCSc1nnc(SC(C)C(=O)c2ccc(Cl)cc2)s1. The Hall–Kier alpha value is -0.560. The van der Waals surface area contributed by atoms with Crippen LogP contribution in [0.15, 0.2) is 32.9 Å². The van der Waals surface area contributed by atoms with Crippen molar-refractivity contribution >= 4 is 52.2 Å². The lowest BCUT2D eigenvalue weighted by Crippen LogP contribution is -2.13. The molecule has 3 nitrogen and oxygen atoms in total. The van der Waals surface area contributed by atoms with Crippen molar-refractivity contribution in [1.82, 2.24) is 10.2 Å². The molecule has 0 aliphatic heterocycles. The molecule has 0 amide bonds. The van der Waals surface area contributed by atoms with E-state index in [4.69, 9.17) is 11.6 Å². The van der Waals surface area contributed by atoms with Gasteiger partial charge in [0.25, 0.3) is 0 Å². The van der Waals surface area contributed by atoms with Gasteiger partial charge in [-0.05, 0) is 36.9 Å². The summed E-state index contributed by atoms with van der Waals surface area (Å²) in [6.07, 6.45) is 0. The second-order valence-electron chi connectivity index (χ2n) is 3.90. The first-order valence-corrected chi connectivity index (χ1v) is 9.09. The van der Waals surface area contributed by atoms with Crippen LogP contribution in [0.25, 0.3) is 0 Å². The van der Waals surface area contributed by atoms with Crippen LogP contribution in [-0.4, -0.2) is 27.0 Å². The molecule has 0 N–H and O–H groups in total. The van der Waals surface area contributed by atoms with Gasteiger partial charge in [0.1, 0.15) is 0 Å². The molecule has 0 bridgehead atoms. The van der Waals surface area contributed by atoms with Crippen molar-refractivity contribution in [2.45, 2.75) is 27.8 Å². The molecule has 7 heteroatoms. The van der Waals surface area contributed by atoms with E-state index in [0.717, 1.165) is 14.4 Å². The summed E-state index contributed by atoms with van der Waals surface area (Å²) in [5.41, 5.74) is 0.669. The van der Waals surface area contributed by atoms with Crippen molar-refractivity contribution in [2.24, 2.45) is 0 Å². The number of carbonyl (C=O) groups excluding carboxylic acids is 1. The summed E-state index contributed by atoms with van der Waals surface area (Å²) < 4.78 is 1.77. The van der Waals surface area contributed by atoms with E-state index in [1.807, 2.05) is 6.92 Å². The van der Waals surface area contributed by atoms with Crippen LogP contribution < -0.4 is 0 Å². The summed E-state index contributed by atoms with van der Waals surface area (Å²) in [5, 5.41) is 8.63. The van der Waals surface area contributed by atoms with Crippen molar-refractivity contribution in [3.63, 3.8) is 0 Å². The van der Waals surface area contributed by atoms with Crippen LogP contribution in [0.5, 0.6) is 0 Å². The molecule has 106 valence electrons. The van der Waals surface area contributed by atoms with Crippen LogP contribution in [0.4, 0.5) is 0 Å². The fourth-order valence-electron chi connectivity index (χ4n) is 1.48. The fraction of sp³-hybridized carbons (Fsp3) is 0.308. The number of ketones is 1. The van der Waals surface area contributed by atoms with E-state index in [2.05, 4.69) is 17.1 Å². The van der Waals surface area contributed by atoms with Gasteiger partial charge in [-0.15, -0.1) is 10.2 Å². The smallest absolute Gasteiger partial charge is 0.175 e. The Balaban J connectivity index is 2.01. The third-order valence-corrected chi connectivity index (χ3v) is 5.81. The van der Waals surface area contributed by atoms with Crippen molar-refractivity contribution < 1.29 is 4.79 Å². The predicted octanol–water partition coefficient (Wildman–Crippen LogP) is 4.67. The number of thioether (sulfide) groups is 2. The Morgan fingerprint density at radius 2 is 1.95 bits per heavy atom. The van der Waals surface area contributed by atoms with Gasteiger partial charge in [-0.3, -0.25) is 4.79 Å². The van der Waals surface area contributed by atoms with Crippen LogP contribution in [0.1, 0.15) is 24.2 Å². The average Bonchev–Trinajstić information content (AvgIpc) is 2.86. The molecule has 20 heavy (non-hydrogen) atoms. The highest BCUT2D eigenvalue weighted by Gasteiger charge is 2.18. The Kier molecular flexibility index (Phi) is 5.89. The first kappa shape index (κ1) is 15.8. The third-order valence-electron chi connectivity index (χ3n) is 2.43. The molecule has 0 saturated carbocycles. The standard InChI is InChI=1S/C13H13ClN2OS3/c1-3-18-12-15-16-13(20-12)19-8(2)11(17)9-4-6-10(14)7-5-9/h4-8H,3H2,1-2H3. The molecule has 1 aromatic carbocycles. The van der Waals surface area contributed by atoms with E-state index in [-0.39, 0.29) is 11.0 Å². The van der Waals surface area contributed by atoms with Gasteiger partial charge in [-0.25, -0.2) is 0 Å². The van der Waals surface area contributed by atoms with Gasteiger partial charge in [-0.2, -0.15) is 0 Å². The molecule has 1 atom stereocenters. The van der Waals surface area contributed by atoms with Gasteiger partial charge >= 0.3 is 0 Å². The molecule has 2 rings (SSSR count). The predicted molar refractivity (Wildman–Crippen MR) is 87.4 cm³/mol. The highest BCUT2D eigenvalue weighted by molar-refractivity contribution is 8.03. The summed E-state index contributed by atoms with van der Waals surface area (Å²) in [5.74, 6) is 1.05. The molecule has 1 heterocycles. The third kappa shape index (κ3) is 4.22. The van der Waals surface area contributed by atoms with E-state index in [0.29, 0.717) is 10.6 Å². The van der Waals surface area contributed by atoms with Gasteiger partial charge in [0, 0.05) is 10.6 Å². The number of halogens is 1. The summed E-state index contributed by atoms with van der Waals surface area (Å²) in [4.78, 5) is 12.3. The van der Waals surface area contributed by atoms with Crippen LogP contribution in [0.3, 0.4) is 0 Å². The first-order chi connectivity index (χ1) is 9.60. The lowest BCUT2D eigenvalue weighted by molar-refractivity contribution is 0.0994. The lowest BCUT2D eigenvalue weighted by Gasteiger charge is -2.07. The summed E-state index contributed by atoms with van der Waals surface area (Å²) >= 11 is 10.5. The Labute approximate surface area is 135 Å². The van der Waals surface area contributed by atoms with Gasteiger partial charge in [0.05, 0.1) is 5.25 Å². The van der Waals surface area contributed by atoms with Gasteiger partial charge < -0.3 is 0 Å². The number of rotatable bonds is 6. The van der Waals surface area contributed by atoms with Gasteiger partial charge in [0.15, 0.2) is 14.5 Å². The maximum Gasteiger partial charge on any atom is 0.175 e. The minimum absolute atomic E-state index is 0.0755. The van der Waals surface area contributed by atoms with Crippen molar-refractivity contribution in [3.05, 3.63) is 34.9 Å². The molecule has 2 aromatic rings. The van der Waals surface area contributed by atoms with E-state index in [1.54, 1.807) is 36.0 Å². The molecule has 1 aromatic heterocycles. The molecule has 0 spiro atoms. The zero-order valence-corrected chi connectivity index (χ0v) is 14.2. The number of hydrogen-bond donors (Lipinski definition) is 0. The second kappa shape index (κ2) is 7.45. The quantitative estimate of drug-likeness (QED) is 0.563. The fourth-order valence-corrected chi connectivity index (χ4v) is 4.74. The normalized spacial score (nSPS) is 12.3. The highest BCUT2D eigenvalue weighted by Crippen LogP contribution is 2.32. The minimum Gasteiger partial charge on any atom is -0.293 e. The summed E-state index contributed by atoms with van der Waals surface area (Å²) in [7, 11) is 0. The maximum atomic E-state index is 12.3. The van der Waals surface area contributed by atoms with E-state index < -0.39 is 0 Å². The summed E-state index contributed by atoms with van der Waals surface area (Å²) in [6.45, 7) is 3.96. The topological polar surface area (TPSA) is 42.9 Å². The minimum atomic E-state index is -0.191. The number of benzene rings is 1. The Morgan fingerprint density at radius 3 is 2.60 bits per heavy atom. The molecule has 0 aliphatic carbocycles. The molecular weight excluding hydrogens is 332 g/mol. The second-order valence-corrected chi connectivity index (χ2v) is 8.41. The Morgan fingerprint density at radius 1 is 1.30 bits per heavy atom. The van der Waals surface area contributed by atoms with E-state index >= 15 is 0 Å². The first-order valence-electron chi connectivity index (χ1n) is 6.03. The number of nitrogens with zero attached hydrogens (tertiary/aromatic N) is 2. The van der Waals surface area contributed by atoms with E-state index in [1.165, 1.54) is 23.1 Å². The lowest BCUT2D eigenvalue weighted by atomic mass is 10.1. The molecule has 0 radical (unpaired) electrons. The maximum absolute atomic E-state index is 12.3. The van der Waals surface area contributed by atoms with Gasteiger partial charge in [-0.1, -0.05) is 53.4 Å². The van der Waals surface area contributed by atoms with E-state index in [9.17, 15) is 4.79 Å². The molecule has 0 saturated heterocycles. The molecule has 1 unspecified atom stereocenters. The van der Waals surface area contributed by atoms with Gasteiger partial charge in [0.2, 0.25) is 0 Å². The molecule has 0 aliphatic rings. The highest BCUT2D eigenvalue weighted by atomic mass is 35.5. The van der Waals surface area contributed by atoms with Crippen LogP contribution >= 0.6 is 46.5 Å².